The summed E-state index contributed by atoms with van der Waals surface area (Å²) in [6.07, 6.45) is 4.57. The number of rotatable bonds is 7. The van der Waals surface area contributed by atoms with E-state index in [-0.39, 0.29) is 11.8 Å². The first-order chi connectivity index (χ1) is 13.5. The van der Waals surface area contributed by atoms with Gasteiger partial charge in [-0.2, -0.15) is 0 Å². The number of hydrogen-bond donors (Lipinski definition) is 0. The predicted octanol–water partition coefficient (Wildman–Crippen LogP) is 4.79. The van der Waals surface area contributed by atoms with Crippen LogP contribution in [0, 0.1) is 18.8 Å². The van der Waals surface area contributed by atoms with Crippen LogP contribution in [0.5, 0.6) is 17.2 Å². The molecule has 1 fully saturated rings. The molecular formula is C24H30O4. The zero-order valence-corrected chi connectivity index (χ0v) is 17.3. The average molecular weight is 383 g/mol. The van der Waals surface area contributed by atoms with E-state index in [9.17, 15) is 4.79 Å². The molecule has 0 spiro atoms. The third-order valence-electron chi connectivity index (χ3n) is 5.79. The van der Waals surface area contributed by atoms with Crippen LogP contribution in [-0.2, 0) is 17.6 Å². The number of hydrogen-bond acceptors (Lipinski definition) is 4. The number of benzene rings is 2. The number of ether oxygens (including phenoxy) is 3. The molecule has 2 atom stereocenters. The van der Waals surface area contributed by atoms with Gasteiger partial charge in [0.25, 0.3) is 0 Å². The molecule has 1 aliphatic rings. The van der Waals surface area contributed by atoms with Gasteiger partial charge < -0.3 is 14.2 Å². The fourth-order valence-electron chi connectivity index (χ4n) is 4.20. The highest BCUT2D eigenvalue weighted by Gasteiger charge is 2.31. The van der Waals surface area contributed by atoms with Crippen molar-refractivity contribution >= 4 is 5.78 Å². The Bertz CT molecular complexity index is 827. The molecule has 0 aliphatic heterocycles. The summed E-state index contributed by atoms with van der Waals surface area (Å²) in [5.41, 5.74) is 3.41. The Kier molecular flexibility index (Phi) is 6.61. The summed E-state index contributed by atoms with van der Waals surface area (Å²) < 4.78 is 16.1. The zero-order valence-electron chi connectivity index (χ0n) is 17.3. The molecule has 0 radical (unpaired) electrons. The van der Waals surface area contributed by atoms with Crippen molar-refractivity contribution in [2.24, 2.45) is 11.8 Å². The lowest BCUT2D eigenvalue weighted by molar-refractivity contribution is -0.129. The molecule has 4 heteroatoms. The summed E-state index contributed by atoms with van der Waals surface area (Å²) in [5, 5.41) is 0. The van der Waals surface area contributed by atoms with Crippen LogP contribution in [0.4, 0.5) is 0 Å². The SMILES string of the molecule is COc1cc(CC2CCCC(Cc3ccc(OC)c(OC)c3)C2=O)ccc1C. The lowest BCUT2D eigenvalue weighted by Crippen LogP contribution is -2.31. The van der Waals surface area contributed by atoms with Crippen LogP contribution in [0.25, 0.3) is 0 Å². The minimum absolute atomic E-state index is 0.0733. The Morgan fingerprint density at radius 3 is 1.89 bits per heavy atom. The molecule has 3 rings (SSSR count). The molecule has 0 aromatic heterocycles. The van der Waals surface area contributed by atoms with E-state index in [4.69, 9.17) is 14.2 Å². The molecule has 4 nitrogen and oxygen atoms in total. The van der Waals surface area contributed by atoms with E-state index < -0.39 is 0 Å². The fourth-order valence-corrected chi connectivity index (χ4v) is 4.20. The Hall–Kier alpha value is -2.49. The van der Waals surface area contributed by atoms with Gasteiger partial charge in [0, 0.05) is 11.8 Å². The van der Waals surface area contributed by atoms with E-state index >= 15 is 0 Å². The zero-order chi connectivity index (χ0) is 20.1. The molecule has 0 heterocycles. The highest BCUT2D eigenvalue weighted by molar-refractivity contribution is 5.84. The van der Waals surface area contributed by atoms with Crippen molar-refractivity contribution in [1.29, 1.82) is 0 Å². The van der Waals surface area contributed by atoms with E-state index in [0.29, 0.717) is 17.3 Å². The summed E-state index contributed by atoms with van der Waals surface area (Å²) in [5.74, 6) is 2.87. The summed E-state index contributed by atoms with van der Waals surface area (Å²) in [6.45, 7) is 2.04. The second kappa shape index (κ2) is 9.13. The van der Waals surface area contributed by atoms with E-state index in [2.05, 4.69) is 18.2 Å². The van der Waals surface area contributed by atoms with Crippen molar-refractivity contribution in [2.75, 3.05) is 21.3 Å². The largest absolute Gasteiger partial charge is 0.496 e. The van der Waals surface area contributed by atoms with Crippen molar-refractivity contribution in [1.82, 2.24) is 0 Å². The minimum Gasteiger partial charge on any atom is -0.496 e. The van der Waals surface area contributed by atoms with Gasteiger partial charge in [-0.25, -0.2) is 0 Å². The molecule has 0 N–H and O–H groups in total. The van der Waals surface area contributed by atoms with Crippen LogP contribution in [0.3, 0.4) is 0 Å². The summed E-state index contributed by atoms with van der Waals surface area (Å²) in [6, 6.07) is 12.2. The van der Waals surface area contributed by atoms with Gasteiger partial charge in [-0.05, 0) is 67.5 Å². The number of carbonyl (C=O) groups is 1. The maximum absolute atomic E-state index is 13.1. The molecular weight excluding hydrogens is 352 g/mol. The molecule has 0 amide bonds. The molecule has 2 aromatic rings. The molecule has 28 heavy (non-hydrogen) atoms. The molecule has 2 aromatic carbocycles. The molecule has 2 unspecified atom stereocenters. The quantitative estimate of drug-likeness (QED) is 0.691. The average Bonchev–Trinajstić information content (AvgIpc) is 2.72. The van der Waals surface area contributed by atoms with Crippen molar-refractivity contribution < 1.29 is 19.0 Å². The number of Topliss-reactive ketones (excluding diaryl/α,β-unsaturated/α-hetero) is 1. The number of methoxy groups -OCH3 is 3. The number of ketones is 1. The van der Waals surface area contributed by atoms with Crippen LogP contribution >= 0.6 is 0 Å². The van der Waals surface area contributed by atoms with E-state index in [1.54, 1.807) is 21.3 Å². The molecule has 1 saturated carbocycles. The first kappa shape index (κ1) is 20.2. The smallest absolute Gasteiger partial charge is 0.160 e. The van der Waals surface area contributed by atoms with Crippen LogP contribution in [-0.4, -0.2) is 27.1 Å². The Morgan fingerprint density at radius 1 is 0.786 bits per heavy atom. The Balaban J connectivity index is 1.70. The van der Waals surface area contributed by atoms with E-state index in [1.165, 1.54) is 5.56 Å². The standard InChI is InChI=1S/C24H30O4/c1-16-8-9-17(14-22(16)27-3)12-19-6-5-7-20(24(19)25)13-18-10-11-21(26-2)23(15-18)28-4/h8-11,14-15,19-20H,5-7,12-13H2,1-4H3. The molecule has 0 bridgehead atoms. The fraction of sp³-hybridized carbons (Fsp3) is 0.458. The van der Waals surface area contributed by atoms with Gasteiger partial charge in [0.15, 0.2) is 11.5 Å². The van der Waals surface area contributed by atoms with Crippen molar-refractivity contribution in [3.63, 3.8) is 0 Å². The number of aryl methyl sites for hydroxylation is 1. The maximum Gasteiger partial charge on any atom is 0.160 e. The second-order valence-electron chi connectivity index (χ2n) is 7.63. The summed E-state index contributed by atoms with van der Waals surface area (Å²) in [7, 11) is 4.96. The van der Waals surface area contributed by atoms with Crippen LogP contribution in [0.15, 0.2) is 36.4 Å². The van der Waals surface area contributed by atoms with Gasteiger partial charge in [0.2, 0.25) is 0 Å². The molecule has 150 valence electrons. The van der Waals surface area contributed by atoms with Crippen molar-refractivity contribution in [3.05, 3.63) is 53.1 Å². The molecule has 1 aliphatic carbocycles. The summed E-state index contributed by atoms with van der Waals surface area (Å²) >= 11 is 0. The first-order valence-corrected chi connectivity index (χ1v) is 9.93. The monoisotopic (exact) mass is 382 g/mol. The van der Waals surface area contributed by atoms with Gasteiger partial charge in [-0.15, -0.1) is 0 Å². The lowest BCUT2D eigenvalue weighted by atomic mass is 9.75. The summed E-state index contributed by atoms with van der Waals surface area (Å²) in [4.78, 5) is 13.1. The predicted molar refractivity (Wildman–Crippen MR) is 111 cm³/mol. The van der Waals surface area contributed by atoms with Crippen LogP contribution < -0.4 is 14.2 Å². The highest BCUT2D eigenvalue weighted by atomic mass is 16.5. The van der Waals surface area contributed by atoms with Crippen LogP contribution in [0.1, 0.15) is 36.0 Å². The van der Waals surface area contributed by atoms with E-state index in [1.807, 2.05) is 25.1 Å². The normalized spacial score (nSPS) is 19.4. The first-order valence-electron chi connectivity index (χ1n) is 9.93. The minimum atomic E-state index is 0.0733. The van der Waals surface area contributed by atoms with Crippen molar-refractivity contribution in [2.45, 2.75) is 39.0 Å². The number of carbonyl (C=O) groups excluding carboxylic acids is 1. The molecule has 0 saturated heterocycles. The van der Waals surface area contributed by atoms with Crippen molar-refractivity contribution in [3.8, 4) is 17.2 Å². The van der Waals surface area contributed by atoms with Gasteiger partial charge in [-0.1, -0.05) is 24.6 Å². The van der Waals surface area contributed by atoms with Crippen LogP contribution in [0.2, 0.25) is 0 Å². The van der Waals surface area contributed by atoms with Gasteiger partial charge in [0.1, 0.15) is 11.5 Å². The second-order valence-corrected chi connectivity index (χ2v) is 7.63. The topological polar surface area (TPSA) is 44.8 Å². The third-order valence-corrected chi connectivity index (χ3v) is 5.79. The Labute approximate surface area is 167 Å². The lowest BCUT2D eigenvalue weighted by Gasteiger charge is -2.28. The van der Waals surface area contributed by atoms with E-state index in [0.717, 1.165) is 49.0 Å². The maximum atomic E-state index is 13.1. The Morgan fingerprint density at radius 2 is 1.32 bits per heavy atom. The third kappa shape index (κ3) is 4.49. The van der Waals surface area contributed by atoms with Gasteiger partial charge >= 0.3 is 0 Å². The highest BCUT2D eigenvalue weighted by Crippen LogP contribution is 2.34. The van der Waals surface area contributed by atoms with Gasteiger partial charge in [-0.3, -0.25) is 4.79 Å². The van der Waals surface area contributed by atoms with Gasteiger partial charge in [0.05, 0.1) is 21.3 Å².